The van der Waals surface area contributed by atoms with E-state index in [-0.39, 0.29) is 58.5 Å². The fraction of sp³-hybridized carbons (Fsp3) is 0.400. The van der Waals surface area contributed by atoms with Crippen molar-refractivity contribution >= 4 is 27.7 Å². The average molecular weight is 711 g/mol. The van der Waals surface area contributed by atoms with Crippen LogP contribution in [0.4, 0.5) is 0 Å². The van der Waals surface area contributed by atoms with Gasteiger partial charge < -0.3 is 29.3 Å². The van der Waals surface area contributed by atoms with Gasteiger partial charge in [0.25, 0.3) is 9.84 Å². The van der Waals surface area contributed by atoms with E-state index >= 15 is 0 Å². The molecule has 0 bridgehead atoms. The lowest BCUT2D eigenvalue weighted by atomic mass is 9.89. The first-order chi connectivity index (χ1) is 24.0. The Balaban J connectivity index is 1.22. The number of sulfone groups is 1. The smallest absolute Gasteiger partial charge is 0.414 e. The number of esters is 3. The molecule has 0 radical (unpaired) electrons. The molecule has 1 N–H and O–H groups in total. The Labute approximate surface area is 288 Å². The molecule has 0 amide bonds. The van der Waals surface area contributed by atoms with E-state index in [2.05, 4.69) is 9.79 Å². The summed E-state index contributed by atoms with van der Waals surface area (Å²) in [6.45, 7) is 1.42. The summed E-state index contributed by atoms with van der Waals surface area (Å²) in [6.07, 6.45) is 8.16. The monoisotopic (exact) mass is 710 g/mol. The molecule has 2 heterocycles. The van der Waals surface area contributed by atoms with Gasteiger partial charge in [0.2, 0.25) is 0 Å². The fourth-order valence-electron chi connectivity index (χ4n) is 5.94. The number of fused-ring (bicyclic) bond motifs is 1. The highest BCUT2D eigenvalue weighted by molar-refractivity contribution is 7.91. The van der Waals surface area contributed by atoms with Crippen molar-refractivity contribution < 1.29 is 56.4 Å². The lowest BCUT2D eigenvalue weighted by Crippen LogP contribution is -2.31. The van der Waals surface area contributed by atoms with Gasteiger partial charge in [-0.25, -0.2) is 22.8 Å². The molecule has 15 heteroatoms. The van der Waals surface area contributed by atoms with Gasteiger partial charge >= 0.3 is 28.8 Å². The molecule has 5 atom stereocenters. The molecule has 1 aliphatic carbocycles. The first-order valence-corrected chi connectivity index (χ1v) is 17.8. The second-order valence-electron chi connectivity index (χ2n) is 12.0. The molecule has 0 saturated heterocycles. The van der Waals surface area contributed by atoms with Crippen LogP contribution in [-0.4, -0.2) is 68.1 Å². The zero-order valence-electron chi connectivity index (χ0n) is 27.3. The quantitative estimate of drug-likeness (QED) is 0.105. The topological polar surface area (TPSA) is 195 Å². The van der Waals surface area contributed by atoms with Crippen LogP contribution in [0.15, 0.2) is 93.5 Å². The van der Waals surface area contributed by atoms with Crippen molar-refractivity contribution in [2.75, 3.05) is 13.2 Å². The maximum atomic E-state index is 13.5. The summed E-state index contributed by atoms with van der Waals surface area (Å²) in [6, 6.07) is 13.2. The number of allylic oxidation sites excluding steroid dienone is 2. The van der Waals surface area contributed by atoms with Crippen LogP contribution in [0.3, 0.4) is 0 Å². The zero-order chi connectivity index (χ0) is 35.7. The van der Waals surface area contributed by atoms with E-state index in [1.54, 1.807) is 18.2 Å². The highest BCUT2D eigenvalue weighted by Gasteiger charge is 2.39. The summed E-state index contributed by atoms with van der Waals surface area (Å²) >= 11 is 0. The van der Waals surface area contributed by atoms with Crippen LogP contribution >= 0.6 is 0 Å². The third kappa shape index (κ3) is 8.95. The molecule has 1 aromatic heterocycles. The lowest BCUT2D eigenvalue weighted by molar-refractivity contribution is -0.832. The molecule has 1 saturated carbocycles. The zero-order valence-corrected chi connectivity index (χ0v) is 28.1. The van der Waals surface area contributed by atoms with Crippen LogP contribution in [0.1, 0.15) is 66.2 Å². The normalized spacial score (nSPS) is 24.0. The number of aliphatic hydroxyl groups excluding tert-OH is 1. The Morgan fingerprint density at radius 3 is 2.50 bits per heavy atom. The highest BCUT2D eigenvalue weighted by atomic mass is 32.2. The highest BCUT2D eigenvalue weighted by Crippen LogP contribution is 2.38. The molecule has 1 aliphatic heterocycles. The van der Waals surface area contributed by atoms with Crippen molar-refractivity contribution in [1.82, 2.24) is 5.16 Å². The Kier molecular flexibility index (Phi) is 12.0. The summed E-state index contributed by atoms with van der Waals surface area (Å²) in [7, 11) is -4.30. The molecule has 1 fully saturated rings. The molecular formula is C35H38N2O12S. The van der Waals surface area contributed by atoms with Crippen LogP contribution in [0.5, 0.6) is 5.88 Å². The van der Waals surface area contributed by atoms with Crippen molar-refractivity contribution in [1.29, 1.82) is 0 Å². The number of ether oxygens (including phenoxy) is 4. The summed E-state index contributed by atoms with van der Waals surface area (Å²) < 4.78 is 52.4. The van der Waals surface area contributed by atoms with Crippen molar-refractivity contribution in [3.63, 3.8) is 0 Å². The number of benzene rings is 2. The molecule has 0 spiro atoms. The third-order valence-corrected chi connectivity index (χ3v) is 10.1. The molecule has 3 aromatic rings. The maximum absolute atomic E-state index is 13.5. The van der Waals surface area contributed by atoms with E-state index in [0.29, 0.717) is 19.3 Å². The Morgan fingerprint density at radius 2 is 1.74 bits per heavy atom. The van der Waals surface area contributed by atoms with Gasteiger partial charge in [0.1, 0.15) is 6.10 Å². The van der Waals surface area contributed by atoms with Gasteiger partial charge in [-0.15, -0.1) is 0 Å². The van der Waals surface area contributed by atoms with E-state index < -0.39 is 50.9 Å². The molecule has 50 heavy (non-hydrogen) atoms. The maximum Gasteiger partial charge on any atom is 0.414 e. The van der Waals surface area contributed by atoms with Crippen LogP contribution in [0, 0.1) is 17.0 Å². The standard InChI is InChI=1S/C35H38N2O12S/c1-23-11-4-2-5-12-24-21-25(38)22-29(24)30(17-18-31(39)47-23)48-35(41)28-16-9-8-15-27(28)34(40)46-20-10-19-45-32-33(37(42)49-36-32)50(43,44)26-13-6-3-7-14-26/h3,5-9,12-18,23-25,29-30,38H,2,4,10-11,19-22H2,1H3/b12-5+,18-17+/t23-,24+,25-,29+,30+/m0/s1. The minimum absolute atomic E-state index is 0.0646. The molecule has 0 unspecified atom stereocenters. The fourth-order valence-corrected chi connectivity index (χ4v) is 7.24. The number of hydrogen-bond donors (Lipinski definition) is 1. The van der Waals surface area contributed by atoms with Gasteiger partial charge in [-0.2, -0.15) is 0 Å². The van der Waals surface area contributed by atoms with Crippen LogP contribution in [0.25, 0.3) is 0 Å². The molecule has 2 aliphatic rings. The van der Waals surface area contributed by atoms with Crippen LogP contribution < -0.4 is 9.64 Å². The van der Waals surface area contributed by atoms with Crippen molar-refractivity contribution in [2.45, 2.75) is 73.7 Å². The predicted molar refractivity (Wildman–Crippen MR) is 173 cm³/mol. The van der Waals surface area contributed by atoms with Gasteiger partial charge in [0.05, 0.1) is 46.6 Å². The Morgan fingerprint density at radius 1 is 1.02 bits per heavy atom. The SMILES string of the molecule is C[C@H]1CCC/C=C/[C@@H]2C[C@H](O)C[C@H]2[C@H](OC(=O)c2ccccc2C(=O)OCCCOc2no[n+]([O-])c2S(=O)(=O)c2ccccc2)/C=C/C(=O)O1. The lowest BCUT2D eigenvalue weighted by Gasteiger charge is -2.25. The van der Waals surface area contributed by atoms with Crippen molar-refractivity contribution in [3.8, 4) is 5.88 Å². The van der Waals surface area contributed by atoms with Gasteiger partial charge in [-0.3, -0.25) is 4.63 Å². The average Bonchev–Trinajstić information content (AvgIpc) is 3.67. The minimum atomic E-state index is -4.30. The van der Waals surface area contributed by atoms with Crippen molar-refractivity contribution in [2.24, 2.45) is 11.8 Å². The van der Waals surface area contributed by atoms with Crippen molar-refractivity contribution in [3.05, 3.63) is 95.2 Å². The second kappa shape index (κ2) is 16.6. The van der Waals surface area contributed by atoms with E-state index in [9.17, 15) is 33.1 Å². The number of aromatic nitrogens is 2. The van der Waals surface area contributed by atoms with E-state index in [4.69, 9.17) is 18.9 Å². The predicted octanol–water partition coefficient (Wildman–Crippen LogP) is 3.91. The van der Waals surface area contributed by atoms with E-state index in [0.717, 1.165) is 12.8 Å². The number of carbonyl (C=O) groups excluding carboxylic acids is 3. The van der Waals surface area contributed by atoms with E-state index in [1.165, 1.54) is 48.6 Å². The number of hydrogen-bond acceptors (Lipinski definition) is 13. The van der Waals surface area contributed by atoms with Gasteiger partial charge in [0, 0.05) is 18.4 Å². The Bertz CT molecular complexity index is 1820. The van der Waals surface area contributed by atoms with Gasteiger partial charge in [0.15, 0.2) is 0 Å². The number of aliphatic hydroxyl groups is 1. The number of cyclic esters (lactones) is 1. The first-order valence-electron chi connectivity index (χ1n) is 16.3. The Hall–Kier alpha value is -5.02. The number of rotatable bonds is 10. The van der Waals surface area contributed by atoms with E-state index in [1.807, 2.05) is 19.1 Å². The summed E-state index contributed by atoms with van der Waals surface area (Å²) in [5, 5.41) is 25.2. The number of nitrogens with zero attached hydrogens (tertiary/aromatic N) is 2. The third-order valence-electron chi connectivity index (χ3n) is 8.39. The largest absolute Gasteiger partial charge is 0.462 e. The summed E-state index contributed by atoms with van der Waals surface area (Å²) in [5.74, 6) is -3.20. The molecule has 5 rings (SSSR count). The van der Waals surface area contributed by atoms with Gasteiger partial charge in [-0.05, 0) is 80.2 Å². The second-order valence-corrected chi connectivity index (χ2v) is 13.9. The number of carbonyl (C=O) groups is 3. The van der Waals surface area contributed by atoms with Crippen LogP contribution in [-0.2, 0) is 28.8 Å². The minimum Gasteiger partial charge on any atom is -0.462 e. The molecule has 266 valence electrons. The van der Waals surface area contributed by atoms with Gasteiger partial charge in [-0.1, -0.05) is 42.5 Å². The summed E-state index contributed by atoms with van der Waals surface area (Å²) in [5.41, 5.74) is -0.131. The molecule has 14 nitrogen and oxygen atoms in total. The summed E-state index contributed by atoms with van der Waals surface area (Å²) in [4.78, 5) is 38.7. The first kappa shape index (κ1) is 36.3. The molecule has 2 aromatic carbocycles. The molecular weight excluding hydrogens is 672 g/mol. The van der Waals surface area contributed by atoms with Crippen LogP contribution in [0.2, 0.25) is 0 Å².